The zero-order valence-electron chi connectivity index (χ0n) is 5.77. The van der Waals surface area contributed by atoms with E-state index in [0.29, 0.717) is 18.2 Å². The lowest BCUT2D eigenvalue weighted by molar-refractivity contribution is -0.108. The molecule has 1 nitrogen and oxygen atoms in total. The SMILES string of the molecule is CCC(CCl)CCC=O. The molecule has 0 rings (SSSR count). The minimum atomic E-state index is 0.539. The van der Waals surface area contributed by atoms with E-state index in [0.717, 1.165) is 19.1 Å². The third kappa shape index (κ3) is 4.46. The number of hydrogen-bond donors (Lipinski definition) is 0. The first-order chi connectivity index (χ1) is 4.35. The molecular formula is C7H13ClO. The van der Waals surface area contributed by atoms with Crippen LogP contribution in [-0.4, -0.2) is 12.2 Å². The number of carbonyl (C=O) groups excluding carboxylic acids is 1. The second-order valence-corrected chi connectivity index (χ2v) is 2.48. The summed E-state index contributed by atoms with van der Waals surface area (Å²) in [5.74, 6) is 1.22. The molecule has 0 aliphatic rings. The molecule has 0 aliphatic carbocycles. The Bertz CT molecular complexity index is 69.3. The maximum atomic E-state index is 9.90. The van der Waals surface area contributed by atoms with Crippen molar-refractivity contribution in [3.8, 4) is 0 Å². The molecule has 0 spiro atoms. The fourth-order valence-corrected chi connectivity index (χ4v) is 1.07. The van der Waals surface area contributed by atoms with Crippen LogP contribution in [0.25, 0.3) is 0 Å². The molecule has 0 aliphatic heterocycles. The summed E-state index contributed by atoms with van der Waals surface area (Å²) in [5, 5.41) is 0. The number of carbonyl (C=O) groups is 1. The molecule has 0 fully saturated rings. The van der Waals surface area contributed by atoms with Gasteiger partial charge in [0.25, 0.3) is 0 Å². The fourth-order valence-electron chi connectivity index (χ4n) is 0.694. The van der Waals surface area contributed by atoms with Gasteiger partial charge in [-0.05, 0) is 12.3 Å². The Balaban J connectivity index is 3.19. The van der Waals surface area contributed by atoms with Crippen molar-refractivity contribution >= 4 is 17.9 Å². The number of aldehydes is 1. The molecule has 0 aromatic carbocycles. The minimum absolute atomic E-state index is 0.539. The lowest BCUT2D eigenvalue weighted by Crippen LogP contribution is -1.99. The maximum Gasteiger partial charge on any atom is 0.120 e. The molecule has 0 saturated carbocycles. The van der Waals surface area contributed by atoms with E-state index in [1.165, 1.54) is 0 Å². The molecule has 0 aromatic rings. The molecule has 0 saturated heterocycles. The van der Waals surface area contributed by atoms with E-state index in [9.17, 15) is 4.79 Å². The van der Waals surface area contributed by atoms with Crippen LogP contribution in [0.1, 0.15) is 26.2 Å². The topological polar surface area (TPSA) is 17.1 Å². The van der Waals surface area contributed by atoms with Crippen molar-refractivity contribution in [2.75, 3.05) is 5.88 Å². The van der Waals surface area contributed by atoms with Gasteiger partial charge in [0, 0.05) is 12.3 Å². The first-order valence-corrected chi connectivity index (χ1v) is 3.88. The van der Waals surface area contributed by atoms with Crippen molar-refractivity contribution in [1.29, 1.82) is 0 Å². The van der Waals surface area contributed by atoms with Crippen LogP contribution in [0, 0.1) is 5.92 Å². The molecule has 0 aromatic heterocycles. The molecule has 54 valence electrons. The second-order valence-electron chi connectivity index (χ2n) is 2.17. The van der Waals surface area contributed by atoms with Crippen LogP contribution in [0.5, 0.6) is 0 Å². The van der Waals surface area contributed by atoms with Crippen LogP contribution in [0.3, 0.4) is 0 Å². The lowest BCUT2D eigenvalue weighted by atomic mass is 10.0. The summed E-state index contributed by atoms with van der Waals surface area (Å²) in [6.45, 7) is 2.10. The fraction of sp³-hybridized carbons (Fsp3) is 0.857. The molecule has 1 atom stereocenters. The molecule has 0 bridgehead atoms. The van der Waals surface area contributed by atoms with Crippen LogP contribution in [0.2, 0.25) is 0 Å². The number of alkyl halides is 1. The van der Waals surface area contributed by atoms with Crippen LogP contribution in [0.15, 0.2) is 0 Å². The zero-order chi connectivity index (χ0) is 7.11. The minimum Gasteiger partial charge on any atom is -0.303 e. The van der Waals surface area contributed by atoms with Crippen LogP contribution in [0.4, 0.5) is 0 Å². The van der Waals surface area contributed by atoms with Crippen LogP contribution < -0.4 is 0 Å². The monoisotopic (exact) mass is 148 g/mol. The molecule has 0 amide bonds. The van der Waals surface area contributed by atoms with Crippen molar-refractivity contribution in [2.24, 2.45) is 5.92 Å². The predicted molar refractivity (Wildman–Crippen MR) is 39.8 cm³/mol. The Kier molecular flexibility index (Phi) is 6.06. The zero-order valence-corrected chi connectivity index (χ0v) is 6.53. The highest BCUT2D eigenvalue weighted by Gasteiger charge is 2.01. The molecular weight excluding hydrogens is 136 g/mol. The van der Waals surface area contributed by atoms with Crippen LogP contribution in [-0.2, 0) is 4.79 Å². The smallest absolute Gasteiger partial charge is 0.120 e. The van der Waals surface area contributed by atoms with Gasteiger partial charge in [-0.25, -0.2) is 0 Å². The molecule has 0 N–H and O–H groups in total. The van der Waals surface area contributed by atoms with E-state index >= 15 is 0 Å². The largest absolute Gasteiger partial charge is 0.303 e. The summed E-state index contributed by atoms with van der Waals surface area (Å²) in [4.78, 5) is 9.90. The van der Waals surface area contributed by atoms with Gasteiger partial charge in [0.15, 0.2) is 0 Å². The van der Waals surface area contributed by atoms with E-state index in [1.807, 2.05) is 0 Å². The Morgan fingerprint density at radius 1 is 1.67 bits per heavy atom. The molecule has 1 unspecified atom stereocenters. The van der Waals surface area contributed by atoms with Crippen LogP contribution >= 0.6 is 11.6 Å². The van der Waals surface area contributed by atoms with Gasteiger partial charge in [0.1, 0.15) is 6.29 Å². The summed E-state index contributed by atoms with van der Waals surface area (Å²) in [6.07, 6.45) is 3.64. The predicted octanol–water partition coefficient (Wildman–Crippen LogP) is 2.23. The van der Waals surface area contributed by atoms with Crippen molar-refractivity contribution < 1.29 is 4.79 Å². The number of rotatable bonds is 5. The summed E-state index contributed by atoms with van der Waals surface area (Å²) >= 11 is 5.59. The number of hydrogen-bond acceptors (Lipinski definition) is 1. The van der Waals surface area contributed by atoms with Gasteiger partial charge >= 0.3 is 0 Å². The summed E-state index contributed by atoms with van der Waals surface area (Å²) < 4.78 is 0. The van der Waals surface area contributed by atoms with Crippen molar-refractivity contribution in [2.45, 2.75) is 26.2 Å². The molecule has 9 heavy (non-hydrogen) atoms. The maximum absolute atomic E-state index is 9.90. The Hall–Kier alpha value is -0.0400. The Morgan fingerprint density at radius 2 is 2.33 bits per heavy atom. The highest BCUT2D eigenvalue weighted by atomic mass is 35.5. The van der Waals surface area contributed by atoms with Crippen molar-refractivity contribution in [3.05, 3.63) is 0 Å². The lowest BCUT2D eigenvalue weighted by Gasteiger charge is -2.06. The van der Waals surface area contributed by atoms with E-state index in [1.54, 1.807) is 0 Å². The average Bonchev–Trinajstić information content (AvgIpc) is 1.91. The summed E-state index contributed by atoms with van der Waals surface area (Å²) in [5.41, 5.74) is 0. The van der Waals surface area contributed by atoms with E-state index in [-0.39, 0.29) is 0 Å². The summed E-state index contributed by atoms with van der Waals surface area (Å²) in [6, 6.07) is 0. The first-order valence-electron chi connectivity index (χ1n) is 3.34. The van der Waals surface area contributed by atoms with Gasteiger partial charge in [0.2, 0.25) is 0 Å². The van der Waals surface area contributed by atoms with Gasteiger partial charge in [-0.3, -0.25) is 0 Å². The van der Waals surface area contributed by atoms with Gasteiger partial charge in [-0.15, -0.1) is 11.6 Å². The number of halogens is 1. The highest BCUT2D eigenvalue weighted by Crippen LogP contribution is 2.10. The Morgan fingerprint density at radius 3 is 2.67 bits per heavy atom. The summed E-state index contributed by atoms with van der Waals surface area (Å²) in [7, 11) is 0. The van der Waals surface area contributed by atoms with Crippen molar-refractivity contribution in [3.63, 3.8) is 0 Å². The van der Waals surface area contributed by atoms with Crippen molar-refractivity contribution in [1.82, 2.24) is 0 Å². The average molecular weight is 149 g/mol. The quantitative estimate of drug-likeness (QED) is 0.432. The van der Waals surface area contributed by atoms with E-state index in [2.05, 4.69) is 6.92 Å². The first kappa shape index (κ1) is 8.96. The highest BCUT2D eigenvalue weighted by molar-refractivity contribution is 6.18. The third-order valence-corrected chi connectivity index (χ3v) is 1.92. The van der Waals surface area contributed by atoms with Gasteiger partial charge in [-0.2, -0.15) is 0 Å². The second kappa shape index (κ2) is 6.09. The Labute approximate surface area is 61.4 Å². The molecule has 0 radical (unpaired) electrons. The molecule has 2 heteroatoms. The van der Waals surface area contributed by atoms with E-state index in [4.69, 9.17) is 11.6 Å². The van der Waals surface area contributed by atoms with Gasteiger partial charge < -0.3 is 4.79 Å². The standard InChI is InChI=1S/C7H13ClO/c1-2-7(6-8)4-3-5-9/h5,7H,2-4,6H2,1H3. The third-order valence-electron chi connectivity index (χ3n) is 1.49. The van der Waals surface area contributed by atoms with Gasteiger partial charge in [-0.1, -0.05) is 13.3 Å². The van der Waals surface area contributed by atoms with Gasteiger partial charge in [0.05, 0.1) is 0 Å². The van der Waals surface area contributed by atoms with E-state index < -0.39 is 0 Å². The normalized spacial score (nSPS) is 13.1. The molecule has 0 heterocycles.